The number of benzene rings is 1. The molecule has 2 rings (SSSR count). The van der Waals surface area contributed by atoms with Gasteiger partial charge in [0.2, 0.25) is 5.95 Å². The van der Waals surface area contributed by atoms with Gasteiger partial charge in [0.05, 0.1) is 17.9 Å². The SMILES string of the molecule is CCCN(CCC)c1nccc(C(=O)Nc2ccccc2C(=O)OCC)n1. The van der Waals surface area contributed by atoms with E-state index in [1.54, 1.807) is 43.5 Å². The minimum absolute atomic E-state index is 0.246. The lowest BCUT2D eigenvalue weighted by Crippen LogP contribution is -2.28. The van der Waals surface area contributed by atoms with E-state index in [-0.39, 0.29) is 12.3 Å². The Hall–Kier alpha value is -2.96. The predicted molar refractivity (Wildman–Crippen MR) is 105 cm³/mol. The van der Waals surface area contributed by atoms with Crippen molar-refractivity contribution in [2.45, 2.75) is 33.6 Å². The molecule has 1 aromatic carbocycles. The van der Waals surface area contributed by atoms with Gasteiger partial charge in [0.25, 0.3) is 5.91 Å². The number of ether oxygens (including phenoxy) is 1. The minimum atomic E-state index is -0.478. The molecule has 0 aliphatic heterocycles. The van der Waals surface area contributed by atoms with Crippen LogP contribution < -0.4 is 10.2 Å². The number of hydrogen-bond donors (Lipinski definition) is 1. The van der Waals surface area contributed by atoms with Crippen LogP contribution in [0, 0.1) is 0 Å². The van der Waals surface area contributed by atoms with E-state index in [0.29, 0.717) is 17.2 Å². The number of rotatable bonds is 9. The normalized spacial score (nSPS) is 10.3. The first-order valence-corrected chi connectivity index (χ1v) is 9.26. The van der Waals surface area contributed by atoms with E-state index >= 15 is 0 Å². The molecule has 0 saturated carbocycles. The second-order valence-corrected chi connectivity index (χ2v) is 5.95. The average Bonchev–Trinajstić information content (AvgIpc) is 2.68. The van der Waals surface area contributed by atoms with E-state index in [2.05, 4.69) is 34.0 Å². The topological polar surface area (TPSA) is 84.4 Å². The van der Waals surface area contributed by atoms with E-state index in [9.17, 15) is 9.59 Å². The highest BCUT2D eigenvalue weighted by Gasteiger charge is 2.17. The molecule has 1 N–H and O–H groups in total. The van der Waals surface area contributed by atoms with Gasteiger partial charge in [-0.05, 0) is 38.0 Å². The zero-order chi connectivity index (χ0) is 19.6. The number of nitrogens with one attached hydrogen (secondary N) is 1. The van der Waals surface area contributed by atoms with Crippen LogP contribution in [-0.4, -0.2) is 41.5 Å². The Morgan fingerprint density at radius 3 is 2.44 bits per heavy atom. The largest absolute Gasteiger partial charge is 0.462 e. The monoisotopic (exact) mass is 370 g/mol. The first-order valence-electron chi connectivity index (χ1n) is 9.26. The summed E-state index contributed by atoms with van der Waals surface area (Å²) in [7, 11) is 0. The van der Waals surface area contributed by atoms with Gasteiger partial charge in [-0.3, -0.25) is 4.79 Å². The molecule has 0 radical (unpaired) electrons. The van der Waals surface area contributed by atoms with E-state index in [1.165, 1.54) is 0 Å². The van der Waals surface area contributed by atoms with Crippen molar-refractivity contribution in [3.63, 3.8) is 0 Å². The van der Waals surface area contributed by atoms with Gasteiger partial charge in [-0.2, -0.15) is 0 Å². The first-order chi connectivity index (χ1) is 13.1. The fourth-order valence-corrected chi connectivity index (χ4v) is 2.64. The van der Waals surface area contributed by atoms with Gasteiger partial charge >= 0.3 is 5.97 Å². The Balaban J connectivity index is 2.22. The van der Waals surface area contributed by atoms with Crippen LogP contribution in [0.4, 0.5) is 11.6 Å². The van der Waals surface area contributed by atoms with Gasteiger partial charge in [-0.15, -0.1) is 0 Å². The van der Waals surface area contributed by atoms with Crippen molar-refractivity contribution in [2.24, 2.45) is 0 Å². The molecule has 7 nitrogen and oxygen atoms in total. The van der Waals surface area contributed by atoms with Gasteiger partial charge < -0.3 is 15.0 Å². The molecule has 0 atom stereocenters. The maximum Gasteiger partial charge on any atom is 0.340 e. The summed E-state index contributed by atoms with van der Waals surface area (Å²) in [6.45, 7) is 7.83. The van der Waals surface area contributed by atoms with Crippen LogP contribution in [-0.2, 0) is 4.74 Å². The summed E-state index contributed by atoms with van der Waals surface area (Å²) in [5.41, 5.74) is 0.941. The van der Waals surface area contributed by atoms with Crippen LogP contribution in [0.1, 0.15) is 54.5 Å². The quantitative estimate of drug-likeness (QED) is 0.680. The highest BCUT2D eigenvalue weighted by Crippen LogP contribution is 2.18. The van der Waals surface area contributed by atoms with Crippen LogP contribution in [0.5, 0.6) is 0 Å². The molecule has 0 bridgehead atoms. The van der Waals surface area contributed by atoms with Crippen LogP contribution in [0.2, 0.25) is 0 Å². The third kappa shape index (κ3) is 5.51. The molecule has 27 heavy (non-hydrogen) atoms. The lowest BCUT2D eigenvalue weighted by molar-refractivity contribution is 0.0527. The number of aromatic nitrogens is 2. The maximum atomic E-state index is 12.7. The van der Waals surface area contributed by atoms with Gasteiger partial charge in [0, 0.05) is 19.3 Å². The summed E-state index contributed by atoms with van der Waals surface area (Å²) in [6, 6.07) is 8.30. The van der Waals surface area contributed by atoms with Crippen molar-refractivity contribution in [2.75, 3.05) is 29.9 Å². The molecule has 0 unspecified atom stereocenters. The average molecular weight is 370 g/mol. The molecule has 1 aromatic heterocycles. The van der Waals surface area contributed by atoms with Gasteiger partial charge in [-0.1, -0.05) is 26.0 Å². The predicted octanol–water partition coefficient (Wildman–Crippen LogP) is 3.53. The summed E-state index contributed by atoms with van der Waals surface area (Å²) in [5.74, 6) is -0.345. The third-order valence-corrected chi connectivity index (χ3v) is 3.82. The highest BCUT2D eigenvalue weighted by atomic mass is 16.5. The maximum absolute atomic E-state index is 12.7. The summed E-state index contributed by atoms with van der Waals surface area (Å²) < 4.78 is 5.04. The van der Waals surface area contributed by atoms with Crippen LogP contribution >= 0.6 is 0 Å². The summed E-state index contributed by atoms with van der Waals surface area (Å²) in [6.07, 6.45) is 3.51. The standard InChI is InChI=1S/C20H26N4O3/c1-4-13-24(14-5-2)20-21-12-11-17(23-20)18(25)22-16-10-8-7-9-15(16)19(26)27-6-3/h7-12H,4-6,13-14H2,1-3H3,(H,22,25). The number of para-hydroxylation sites is 1. The van der Waals surface area contributed by atoms with Crippen molar-refractivity contribution in [3.05, 3.63) is 47.8 Å². The van der Waals surface area contributed by atoms with E-state index in [4.69, 9.17) is 4.74 Å². The Kier molecular flexibility index (Phi) is 7.73. The number of esters is 1. The number of nitrogens with zero attached hydrogens (tertiary/aromatic N) is 3. The van der Waals surface area contributed by atoms with Crippen molar-refractivity contribution in [1.29, 1.82) is 0 Å². The van der Waals surface area contributed by atoms with Crippen LogP contribution in [0.15, 0.2) is 36.5 Å². The summed E-state index contributed by atoms with van der Waals surface area (Å²) in [5, 5.41) is 2.75. The summed E-state index contributed by atoms with van der Waals surface area (Å²) in [4.78, 5) is 35.5. The Morgan fingerprint density at radius 1 is 1.07 bits per heavy atom. The molecular formula is C20H26N4O3. The van der Waals surface area contributed by atoms with Gasteiger partial charge in [0.1, 0.15) is 5.69 Å². The van der Waals surface area contributed by atoms with Crippen molar-refractivity contribution in [1.82, 2.24) is 9.97 Å². The summed E-state index contributed by atoms with van der Waals surface area (Å²) >= 11 is 0. The number of amides is 1. The van der Waals surface area contributed by atoms with E-state index in [0.717, 1.165) is 25.9 Å². The number of carbonyl (C=O) groups excluding carboxylic acids is 2. The van der Waals surface area contributed by atoms with Crippen molar-refractivity contribution < 1.29 is 14.3 Å². The zero-order valence-corrected chi connectivity index (χ0v) is 16.1. The first kappa shape index (κ1) is 20.4. The Morgan fingerprint density at radius 2 is 1.78 bits per heavy atom. The second-order valence-electron chi connectivity index (χ2n) is 5.95. The van der Waals surface area contributed by atoms with Crippen molar-refractivity contribution >= 4 is 23.5 Å². The molecule has 0 fully saturated rings. The van der Waals surface area contributed by atoms with Gasteiger partial charge in [-0.25, -0.2) is 14.8 Å². The van der Waals surface area contributed by atoms with E-state index in [1.807, 2.05) is 0 Å². The molecule has 0 aliphatic carbocycles. The highest BCUT2D eigenvalue weighted by molar-refractivity contribution is 6.07. The fourth-order valence-electron chi connectivity index (χ4n) is 2.64. The molecule has 2 aromatic rings. The van der Waals surface area contributed by atoms with Gasteiger partial charge in [0.15, 0.2) is 0 Å². The fraction of sp³-hybridized carbons (Fsp3) is 0.400. The molecule has 7 heteroatoms. The van der Waals surface area contributed by atoms with E-state index < -0.39 is 11.9 Å². The van der Waals surface area contributed by atoms with Crippen LogP contribution in [0.3, 0.4) is 0 Å². The molecule has 0 spiro atoms. The Bertz CT molecular complexity index is 773. The van der Waals surface area contributed by atoms with Crippen molar-refractivity contribution in [3.8, 4) is 0 Å². The lowest BCUT2D eigenvalue weighted by atomic mass is 10.1. The number of carbonyl (C=O) groups is 2. The number of hydrogen-bond acceptors (Lipinski definition) is 6. The molecule has 1 heterocycles. The lowest BCUT2D eigenvalue weighted by Gasteiger charge is -2.21. The molecule has 1 amide bonds. The minimum Gasteiger partial charge on any atom is -0.462 e. The number of anilines is 2. The molecule has 144 valence electrons. The molecule has 0 aliphatic rings. The third-order valence-electron chi connectivity index (χ3n) is 3.82. The Labute approximate surface area is 159 Å². The molecular weight excluding hydrogens is 344 g/mol. The molecule has 0 saturated heterocycles. The second kappa shape index (κ2) is 10.3. The smallest absolute Gasteiger partial charge is 0.340 e. The zero-order valence-electron chi connectivity index (χ0n) is 16.1. The van der Waals surface area contributed by atoms with Crippen LogP contribution in [0.25, 0.3) is 0 Å².